The molecule has 0 spiro atoms. The molecule has 2 unspecified atom stereocenters. The van der Waals surface area contributed by atoms with E-state index in [1.807, 2.05) is 0 Å². The second-order valence-corrected chi connectivity index (χ2v) is 8.68. The summed E-state index contributed by atoms with van der Waals surface area (Å²) in [5, 5.41) is 11.8. The van der Waals surface area contributed by atoms with E-state index in [0.717, 1.165) is 0 Å². The highest BCUT2D eigenvalue weighted by Gasteiger charge is 2.33. The molecule has 26 heavy (non-hydrogen) atoms. The standard InChI is InChI=1S/C18H23FN2O4S/c19-13-3-7-15(8-4-13)26(25)16-9-10-21(11-16)18(24)20-14-5-1-12(2-6-14)17(22)23/h3-4,7-8,12,14,16H,1-2,5-6,9-11H2,(H,20,24)(H,22,23). The maximum Gasteiger partial charge on any atom is 0.317 e. The number of carboxylic acids is 1. The lowest BCUT2D eigenvalue weighted by Gasteiger charge is -2.28. The largest absolute Gasteiger partial charge is 0.481 e. The Balaban J connectivity index is 1.49. The van der Waals surface area contributed by atoms with Crippen molar-refractivity contribution in [2.45, 2.75) is 48.3 Å². The van der Waals surface area contributed by atoms with Gasteiger partial charge >= 0.3 is 12.0 Å². The minimum atomic E-state index is -1.27. The van der Waals surface area contributed by atoms with Gasteiger partial charge in [-0.3, -0.25) is 9.00 Å². The predicted octanol–water partition coefficient (Wildman–Crippen LogP) is 2.36. The summed E-state index contributed by atoms with van der Waals surface area (Å²) in [6.45, 7) is 0.939. The first-order valence-corrected chi connectivity index (χ1v) is 10.1. The minimum Gasteiger partial charge on any atom is -0.481 e. The summed E-state index contributed by atoms with van der Waals surface area (Å²) in [7, 11) is -1.27. The smallest absolute Gasteiger partial charge is 0.317 e. The Labute approximate surface area is 154 Å². The number of nitrogens with one attached hydrogen (secondary N) is 1. The van der Waals surface area contributed by atoms with E-state index in [9.17, 15) is 18.2 Å². The topological polar surface area (TPSA) is 86.7 Å². The van der Waals surface area contributed by atoms with Crippen molar-refractivity contribution >= 4 is 22.8 Å². The van der Waals surface area contributed by atoms with Crippen molar-refractivity contribution in [1.29, 1.82) is 0 Å². The van der Waals surface area contributed by atoms with Gasteiger partial charge in [0.2, 0.25) is 0 Å². The number of urea groups is 1. The molecule has 2 N–H and O–H groups in total. The molecule has 1 aromatic rings. The maximum absolute atomic E-state index is 13.0. The van der Waals surface area contributed by atoms with Crippen molar-refractivity contribution in [3.05, 3.63) is 30.1 Å². The third-order valence-corrected chi connectivity index (χ3v) is 6.91. The Morgan fingerprint density at radius 1 is 1.12 bits per heavy atom. The summed E-state index contributed by atoms with van der Waals surface area (Å²) in [5.41, 5.74) is 0. The Kier molecular flexibility index (Phi) is 5.90. The highest BCUT2D eigenvalue weighted by Crippen LogP contribution is 2.25. The van der Waals surface area contributed by atoms with Gasteiger partial charge in [0, 0.05) is 24.0 Å². The Bertz CT molecular complexity index is 689. The number of nitrogens with zero attached hydrogens (tertiary/aromatic N) is 1. The van der Waals surface area contributed by atoms with Crippen LogP contribution in [-0.4, -0.2) is 50.6 Å². The van der Waals surface area contributed by atoms with Gasteiger partial charge in [-0.25, -0.2) is 9.18 Å². The predicted molar refractivity (Wildman–Crippen MR) is 94.7 cm³/mol. The van der Waals surface area contributed by atoms with E-state index in [2.05, 4.69) is 5.32 Å². The summed E-state index contributed by atoms with van der Waals surface area (Å²) in [6, 6.07) is 5.45. The molecule has 3 rings (SSSR count). The lowest BCUT2D eigenvalue weighted by molar-refractivity contribution is -0.142. The van der Waals surface area contributed by atoms with E-state index in [1.165, 1.54) is 24.3 Å². The van der Waals surface area contributed by atoms with Gasteiger partial charge < -0.3 is 15.3 Å². The summed E-state index contributed by atoms with van der Waals surface area (Å²) < 4.78 is 25.6. The molecule has 1 aromatic carbocycles. The van der Waals surface area contributed by atoms with Crippen LogP contribution in [0.15, 0.2) is 29.2 Å². The van der Waals surface area contributed by atoms with Crippen LogP contribution in [0.4, 0.5) is 9.18 Å². The molecule has 1 heterocycles. The molecule has 1 saturated carbocycles. The van der Waals surface area contributed by atoms with E-state index >= 15 is 0 Å². The summed E-state index contributed by atoms with van der Waals surface area (Å²) in [6.07, 6.45) is 3.14. The van der Waals surface area contributed by atoms with Crippen molar-refractivity contribution in [2.75, 3.05) is 13.1 Å². The number of amides is 2. The number of carboxylic acid groups (broad SMARTS) is 1. The molecule has 142 valence electrons. The number of rotatable bonds is 4. The van der Waals surface area contributed by atoms with Gasteiger partial charge in [0.1, 0.15) is 5.82 Å². The molecule has 1 aliphatic heterocycles. The van der Waals surface area contributed by atoms with Crippen LogP contribution < -0.4 is 5.32 Å². The van der Waals surface area contributed by atoms with Gasteiger partial charge in [-0.15, -0.1) is 0 Å². The first kappa shape index (κ1) is 18.8. The molecule has 2 amide bonds. The quantitative estimate of drug-likeness (QED) is 0.837. The molecular weight excluding hydrogens is 359 g/mol. The highest BCUT2D eigenvalue weighted by molar-refractivity contribution is 7.85. The number of hydrogen-bond acceptors (Lipinski definition) is 3. The molecule has 0 radical (unpaired) electrons. The first-order valence-electron chi connectivity index (χ1n) is 8.88. The van der Waals surface area contributed by atoms with Gasteiger partial charge in [0.05, 0.1) is 22.0 Å². The maximum atomic E-state index is 13.0. The van der Waals surface area contributed by atoms with Crippen molar-refractivity contribution in [2.24, 2.45) is 5.92 Å². The first-order chi connectivity index (χ1) is 12.4. The summed E-state index contributed by atoms with van der Waals surface area (Å²) in [4.78, 5) is 25.6. The molecule has 1 saturated heterocycles. The third kappa shape index (κ3) is 4.41. The number of halogens is 1. The Hall–Kier alpha value is -1.96. The van der Waals surface area contributed by atoms with Crippen LogP contribution in [0.1, 0.15) is 32.1 Å². The molecule has 0 aromatic heterocycles. The van der Waals surface area contributed by atoms with E-state index in [1.54, 1.807) is 4.90 Å². The molecular formula is C18H23FN2O4S. The van der Waals surface area contributed by atoms with Crippen molar-refractivity contribution in [3.63, 3.8) is 0 Å². The Morgan fingerprint density at radius 3 is 2.38 bits per heavy atom. The third-order valence-electron chi connectivity index (χ3n) is 5.18. The molecule has 0 bridgehead atoms. The number of aliphatic carboxylic acids is 1. The van der Waals surface area contributed by atoms with Crippen LogP contribution >= 0.6 is 0 Å². The average molecular weight is 382 g/mol. The van der Waals surface area contributed by atoms with Crippen LogP contribution in [0.3, 0.4) is 0 Å². The van der Waals surface area contributed by atoms with Crippen LogP contribution in [0, 0.1) is 11.7 Å². The van der Waals surface area contributed by atoms with Crippen LogP contribution in [-0.2, 0) is 15.6 Å². The van der Waals surface area contributed by atoms with E-state index < -0.39 is 16.8 Å². The normalized spacial score (nSPS) is 27.1. The average Bonchev–Trinajstić information content (AvgIpc) is 3.12. The zero-order valence-corrected chi connectivity index (χ0v) is 15.2. The summed E-state index contributed by atoms with van der Waals surface area (Å²) >= 11 is 0. The summed E-state index contributed by atoms with van der Waals surface area (Å²) in [5.74, 6) is -1.44. The lowest BCUT2D eigenvalue weighted by Crippen LogP contribution is -2.45. The zero-order valence-electron chi connectivity index (χ0n) is 14.4. The monoisotopic (exact) mass is 382 g/mol. The van der Waals surface area contributed by atoms with E-state index in [-0.39, 0.29) is 29.1 Å². The fourth-order valence-corrected chi connectivity index (χ4v) is 5.02. The second kappa shape index (κ2) is 8.16. The number of benzene rings is 1. The molecule has 6 nitrogen and oxygen atoms in total. The number of carbonyl (C=O) groups is 2. The fraction of sp³-hybridized carbons (Fsp3) is 0.556. The molecule has 2 atom stereocenters. The van der Waals surface area contributed by atoms with Crippen molar-refractivity contribution in [3.8, 4) is 0 Å². The lowest BCUT2D eigenvalue weighted by atomic mass is 9.86. The Morgan fingerprint density at radius 2 is 1.77 bits per heavy atom. The van der Waals surface area contributed by atoms with Gasteiger partial charge in [0.15, 0.2) is 0 Å². The van der Waals surface area contributed by atoms with Gasteiger partial charge in [-0.2, -0.15) is 0 Å². The van der Waals surface area contributed by atoms with Crippen molar-refractivity contribution in [1.82, 2.24) is 10.2 Å². The second-order valence-electron chi connectivity index (χ2n) is 6.94. The van der Waals surface area contributed by atoms with Gasteiger partial charge in [-0.1, -0.05) is 0 Å². The molecule has 2 fully saturated rings. The molecule has 1 aliphatic carbocycles. The van der Waals surface area contributed by atoms with Crippen LogP contribution in [0.25, 0.3) is 0 Å². The molecule has 8 heteroatoms. The fourth-order valence-electron chi connectivity index (χ4n) is 3.60. The zero-order chi connectivity index (χ0) is 18.7. The van der Waals surface area contributed by atoms with Crippen molar-refractivity contribution < 1.29 is 23.3 Å². The van der Waals surface area contributed by atoms with Crippen LogP contribution in [0.5, 0.6) is 0 Å². The molecule has 2 aliphatic rings. The van der Waals surface area contributed by atoms with Crippen LogP contribution in [0.2, 0.25) is 0 Å². The minimum absolute atomic E-state index is 0.000235. The van der Waals surface area contributed by atoms with Gasteiger partial charge in [0.25, 0.3) is 0 Å². The number of hydrogen-bond donors (Lipinski definition) is 2. The van der Waals surface area contributed by atoms with E-state index in [0.29, 0.717) is 50.1 Å². The van der Waals surface area contributed by atoms with Gasteiger partial charge in [-0.05, 0) is 56.4 Å². The van der Waals surface area contributed by atoms with E-state index in [4.69, 9.17) is 5.11 Å². The number of likely N-dealkylation sites (tertiary alicyclic amines) is 1. The highest BCUT2D eigenvalue weighted by atomic mass is 32.2. The SMILES string of the molecule is O=C(O)C1CCC(NC(=O)N2CCC(S(=O)c3ccc(F)cc3)C2)CC1. The number of carbonyl (C=O) groups excluding carboxylic acids is 1.